The molecule has 0 fully saturated rings. The zero-order chi connectivity index (χ0) is 15.9. The molecule has 22 heavy (non-hydrogen) atoms. The minimum atomic E-state index is -4.53. The number of alkyl halides is 3. The largest absolute Gasteiger partial charge is 0.493 e. The van der Waals surface area contributed by atoms with Gasteiger partial charge in [0, 0.05) is 6.04 Å². The van der Waals surface area contributed by atoms with E-state index in [0.29, 0.717) is 0 Å². The van der Waals surface area contributed by atoms with E-state index in [9.17, 15) is 13.2 Å². The first-order chi connectivity index (χ1) is 10.4. The highest BCUT2D eigenvalue weighted by Crippen LogP contribution is 2.35. The summed E-state index contributed by atoms with van der Waals surface area (Å²) in [6.07, 6.45) is -1.61. The van der Waals surface area contributed by atoms with Crippen molar-refractivity contribution in [3.63, 3.8) is 0 Å². The zero-order valence-electron chi connectivity index (χ0n) is 12.0. The van der Waals surface area contributed by atoms with Crippen molar-refractivity contribution in [2.24, 2.45) is 5.73 Å². The molecule has 3 rings (SSSR count). The lowest BCUT2D eigenvalue weighted by Gasteiger charge is -2.05. The van der Waals surface area contributed by atoms with Gasteiger partial charge in [-0.25, -0.2) is 0 Å². The number of rotatable bonds is 3. The third-order valence-corrected chi connectivity index (χ3v) is 3.80. The summed E-state index contributed by atoms with van der Waals surface area (Å²) in [5.74, 6) is -0.268. The lowest BCUT2D eigenvalue weighted by Crippen LogP contribution is -2.18. The first kappa shape index (κ1) is 14.9. The van der Waals surface area contributed by atoms with E-state index in [-0.39, 0.29) is 18.3 Å². The molecular weight excluding hydrogens is 295 g/mol. The maximum absolute atomic E-state index is 12.8. The van der Waals surface area contributed by atoms with Gasteiger partial charge < -0.3 is 10.5 Å². The van der Waals surface area contributed by atoms with Crippen LogP contribution in [0, 0.1) is 0 Å². The summed E-state index contributed by atoms with van der Waals surface area (Å²) in [6.45, 7) is 0.259. The lowest BCUT2D eigenvalue weighted by molar-refractivity contribution is -0.142. The minimum Gasteiger partial charge on any atom is -0.493 e. The van der Waals surface area contributed by atoms with E-state index < -0.39 is 11.9 Å². The SMILES string of the molecule is COc1cn(Cc2ccc3c(c2)C[C@H](N)C3)nc1C(F)(F)F. The molecule has 0 bridgehead atoms. The van der Waals surface area contributed by atoms with Gasteiger partial charge in [0.15, 0.2) is 5.75 Å². The number of ether oxygens (including phenoxy) is 1. The van der Waals surface area contributed by atoms with Gasteiger partial charge in [0.25, 0.3) is 0 Å². The predicted octanol–water partition coefficient (Wildman–Crippen LogP) is 2.38. The Hall–Kier alpha value is -2.02. The van der Waals surface area contributed by atoms with Crippen molar-refractivity contribution >= 4 is 0 Å². The normalized spacial score (nSPS) is 17.6. The van der Waals surface area contributed by atoms with Crippen molar-refractivity contribution in [1.29, 1.82) is 0 Å². The number of methoxy groups -OCH3 is 1. The summed E-state index contributed by atoms with van der Waals surface area (Å²) < 4.78 is 44.5. The fraction of sp³-hybridized carbons (Fsp3) is 0.400. The van der Waals surface area contributed by atoms with Crippen molar-refractivity contribution in [3.8, 4) is 5.75 Å². The van der Waals surface area contributed by atoms with Gasteiger partial charge in [-0.05, 0) is 29.5 Å². The second kappa shape index (κ2) is 5.31. The predicted molar refractivity (Wildman–Crippen MR) is 74.7 cm³/mol. The molecule has 0 saturated heterocycles. The molecule has 7 heteroatoms. The fourth-order valence-corrected chi connectivity index (χ4v) is 2.82. The van der Waals surface area contributed by atoms with E-state index in [1.54, 1.807) is 0 Å². The molecule has 2 aromatic rings. The highest BCUT2D eigenvalue weighted by molar-refractivity contribution is 5.37. The Morgan fingerprint density at radius 3 is 2.68 bits per heavy atom. The molecule has 0 spiro atoms. The average Bonchev–Trinajstić information content (AvgIpc) is 3.00. The van der Waals surface area contributed by atoms with E-state index in [0.717, 1.165) is 18.4 Å². The second-order valence-electron chi connectivity index (χ2n) is 5.51. The Balaban J connectivity index is 1.85. The van der Waals surface area contributed by atoms with Gasteiger partial charge in [-0.3, -0.25) is 4.68 Å². The summed E-state index contributed by atoms with van der Waals surface area (Å²) in [4.78, 5) is 0. The molecule has 1 aromatic carbocycles. The van der Waals surface area contributed by atoms with Gasteiger partial charge in [0.05, 0.1) is 19.9 Å². The van der Waals surface area contributed by atoms with E-state index in [4.69, 9.17) is 10.5 Å². The third-order valence-electron chi connectivity index (χ3n) is 3.80. The minimum absolute atomic E-state index is 0.131. The quantitative estimate of drug-likeness (QED) is 0.947. The maximum atomic E-state index is 12.8. The van der Waals surface area contributed by atoms with Crippen molar-refractivity contribution in [3.05, 3.63) is 46.8 Å². The summed E-state index contributed by atoms with van der Waals surface area (Å²) in [7, 11) is 1.20. The molecule has 0 unspecified atom stereocenters. The van der Waals surface area contributed by atoms with Gasteiger partial charge in [0.2, 0.25) is 5.69 Å². The number of nitrogens with zero attached hydrogens (tertiary/aromatic N) is 2. The molecule has 0 amide bonds. The summed E-state index contributed by atoms with van der Waals surface area (Å²) >= 11 is 0. The fourth-order valence-electron chi connectivity index (χ4n) is 2.82. The van der Waals surface area contributed by atoms with Crippen LogP contribution < -0.4 is 10.5 Å². The molecule has 0 aliphatic heterocycles. The van der Waals surface area contributed by atoms with Crippen LogP contribution in [0.4, 0.5) is 13.2 Å². The molecule has 1 atom stereocenters. The van der Waals surface area contributed by atoms with Gasteiger partial charge in [-0.15, -0.1) is 0 Å². The average molecular weight is 311 g/mol. The number of aromatic nitrogens is 2. The first-order valence-electron chi connectivity index (χ1n) is 6.91. The van der Waals surface area contributed by atoms with Crippen LogP contribution in [-0.2, 0) is 25.6 Å². The van der Waals surface area contributed by atoms with E-state index in [1.165, 1.54) is 29.1 Å². The monoisotopic (exact) mass is 311 g/mol. The third kappa shape index (κ3) is 2.81. The molecule has 4 nitrogen and oxygen atoms in total. The number of fused-ring (bicyclic) bond motifs is 1. The van der Waals surface area contributed by atoms with E-state index in [1.807, 2.05) is 18.2 Å². The van der Waals surface area contributed by atoms with Crippen LogP contribution in [-0.4, -0.2) is 22.9 Å². The first-order valence-corrected chi connectivity index (χ1v) is 6.91. The van der Waals surface area contributed by atoms with Crippen molar-refractivity contribution in [2.45, 2.75) is 31.6 Å². The Bertz CT molecular complexity index is 694. The van der Waals surface area contributed by atoms with Crippen LogP contribution in [0.2, 0.25) is 0 Å². The molecule has 118 valence electrons. The van der Waals surface area contributed by atoms with Crippen LogP contribution in [0.25, 0.3) is 0 Å². The molecule has 0 radical (unpaired) electrons. The molecule has 1 aliphatic carbocycles. The van der Waals surface area contributed by atoms with E-state index in [2.05, 4.69) is 5.10 Å². The van der Waals surface area contributed by atoms with Crippen LogP contribution in [0.5, 0.6) is 5.75 Å². The van der Waals surface area contributed by atoms with Gasteiger partial charge in [-0.2, -0.15) is 18.3 Å². The van der Waals surface area contributed by atoms with Crippen LogP contribution in [0.15, 0.2) is 24.4 Å². The van der Waals surface area contributed by atoms with Crippen molar-refractivity contribution < 1.29 is 17.9 Å². The summed E-state index contributed by atoms with van der Waals surface area (Å²) in [6, 6.07) is 6.01. The second-order valence-corrected chi connectivity index (χ2v) is 5.51. The Morgan fingerprint density at radius 1 is 1.32 bits per heavy atom. The topological polar surface area (TPSA) is 53.1 Å². The van der Waals surface area contributed by atoms with Gasteiger partial charge >= 0.3 is 6.18 Å². The number of halogens is 3. The molecule has 1 heterocycles. The Labute approximate surface area is 125 Å². The standard InChI is InChI=1S/C15H16F3N3O/c1-22-13-8-21(20-14(13)15(16,17)18)7-9-2-3-10-5-12(19)6-11(10)4-9/h2-4,8,12H,5-7,19H2,1H3/t12-/m1/s1. The lowest BCUT2D eigenvalue weighted by atomic mass is 10.1. The number of hydrogen-bond acceptors (Lipinski definition) is 3. The van der Waals surface area contributed by atoms with Gasteiger partial charge in [0.1, 0.15) is 0 Å². The molecule has 1 aromatic heterocycles. The Kier molecular flexibility index (Phi) is 3.60. The highest BCUT2D eigenvalue weighted by Gasteiger charge is 2.38. The Morgan fingerprint density at radius 2 is 2.05 bits per heavy atom. The van der Waals surface area contributed by atoms with Crippen molar-refractivity contribution in [1.82, 2.24) is 9.78 Å². The highest BCUT2D eigenvalue weighted by atomic mass is 19.4. The number of benzene rings is 1. The number of hydrogen-bond donors (Lipinski definition) is 1. The molecule has 1 aliphatic rings. The smallest absolute Gasteiger partial charge is 0.438 e. The molecule has 2 N–H and O–H groups in total. The zero-order valence-corrected chi connectivity index (χ0v) is 12.0. The number of nitrogens with two attached hydrogens (primary N) is 1. The maximum Gasteiger partial charge on any atom is 0.438 e. The van der Waals surface area contributed by atoms with Gasteiger partial charge in [-0.1, -0.05) is 18.2 Å². The summed E-state index contributed by atoms with van der Waals surface area (Å²) in [5, 5.41) is 3.60. The summed E-state index contributed by atoms with van der Waals surface area (Å²) in [5.41, 5.74) is 8.19. The van der Waals surface area contributed by atoms with Crippen LogP contribution in [0.1, 0.15) is 22.4 Å². The van der Waals surface area contributed by atoms with E-state index >= 15 is 0 Å². The van der Waals surface area contributed by atoms with Crippen LogP contribution in [0.3, 0.4) is 0 Å². The van der Waals surface area contributed by atoms with Crippen molar-refractivity contribution in [2.75, 3.05) is 7.11 Å². The molecule has 0 saturated carbocycles. The molecular formula is C15H16F3N3O. The van der Waals surface area contributed by atoms with Crippen LogP contribution >= 0.6 is 0 Å².